The van der Waals surface area contributed by atoms with Crippen molar-refractivity contribution < 1.29 is 13.2 Å². The Morgan fingerprint density at radius 2 is 1.95 bits per heavy atom. The lowest BCUT2D eigenvalue weighted by molar-refractivity contribution is 0.0725. The summed E-state index contributed by atoms with van der Waals surface area (Å²) in [5.41, 5.74) is 0.632. The third-order valence-electron chi connectivity index (χ3n) is 3.41. The number of piperidine rings is 1. The number of amides is 1. The molecule has 6 heteroatoms. The lowest BCUT2D eigenvalue weighted by Gasteiger charge is -2.31. The first kappa shape index (κ1) is 14.5. The van der Waals surface area contributed by atoms with Crippen molar-refractivity contribution in [2.24, 2.45) is 0 Å². The van der Waals surface area contributed by atoms with Gasteiger partial charge in [-0.3, -0.25) is 4.79 Å². The van der Waals surface area contributed by atoms with Gasteiger partial charge in [0, 0.05) is 29.4 Å². The SMILES string of the molecule is CS(=O)(=O)C1CCN(C(=O)c2cccc(Br)c2)CC1. The maximum atomic E-state index is 12.3. The van der Waals surface area contributed by atoms with Crippen LogP contribution in [0.15, 0.2) is 28.7 Å². The normalized spacial score (nSPS) is 17.5. The Morgan fingerprint density at radius 1 is 1.32 bits per heavy atom. The van der Waals surface area contributed by atoms with Gasteiger partial charge in [0.25, 0.3) is 5.91 Å². The van der Waals surface area contributed by atoms with Gasteiger partial charge in [-0.1, -0.05) is 22.0 Å². The van der Waals surface area contributed by atoms with Crippen LogP contribution in [0, 0.1) is 0 Å². The average Bonchev–Trinajstić information content (AvgIpc) is 2.37. The fraction of sp³-hybridized carbons (Fsp3) is 0.462. The highest BCUT2D eigenvalue weighted by atomic mass is 79.9. The highest BCUT2D eigenvalue weighted by Crippen LogP contribution is 2.20. The Hall–Kier alpha value is -0.880. The molecule has 1 aromatic carbocycles. The first-order valence-electron chi connectivity index (χ1n) is 6.11. The topological polar surface area (TPSA) is 54.5 Å². The maximum Gasteiger partial charge on any atom is 0.253 e. The number of sulfone groups is 1. The van der Waals surface area contributed by atoms with Crippen molar-refractivity contribution in [1.29, 1.82) is 0 Å². The summed E-state index contributed by atoms with van der Waals surface area (Å²) in [6, 6.07) is 7.24. The predicted octanol–water partition coefficient (Wildman–Crippen LogP) is 2.10. The second kappa shape index (κ2) is 5.63. The van der Waals surface area contributed by atoms with Crippen molar-refractivity contribution in [3.8, 4) is 0 Å². The van der Waals surface area contributed by atoms with Crippen LogP contribution in [-0.4, -0.2) is 43.8 Å². The van der Waals surface area contributed by atoms with Crippen molar-refractivity contribution in [3.63, 3.8) is 0 Å². The van der Waals surface area contributed by atoms with E-state index in [9.17, 15) is 13.2 Å². The molecule has 4 nitrogen and oxygen atoms in total. The van der Waals surface area contributed by atoms with Gasteiger partial charge in [-0.15, -0.1) is 0 Å². The standard InChI is InChI=1S/C13H16BrNO3S/c1-19(17,18)12-5-7-15(8-6-12)13(16)10-3-2-4-11(14)9-10/h2-4,9,12H,5-8H2,1H3. The minimum atomic E-state index is -2.99. The zero-order chi connectivity index (χ0) is 14.0. The second-order valence-corrected chi connectivity index (χ2v) is 8.07. The van der Waals surface area contributed by atoms with Gasteiger partial charge < -0.3 is 4.90 Å². The fourth-order valence-electron chi connectivity index (χ4n) is 2.29. The molecule has 0 aliphatic carbocycles. The number of likely N-dealkylation sites (tertiary alicyclic amines) is 1. The van der Waals surface area contributed by atoms with E-state index in [0.717, 1.165) is 4.47 Å². The summed E-state index contributed by atoms with van der Waals surface area (Å²) >= 11 is 3.34. The van der Waals surface area contributed by atoms with Crippen molar-refractivity contribution >= 4 is 31.7 Å². The molecule has 0 spiro atoms. The van der Waals surface area contributed by atoms with Gasteiger partial charge in [-0.25, -0.2) is 8.42 Å². The fourth-order valence-corrected chi connectivity index (χ4v) is 3.76. The van der Waals surface area contributed by atoms with E-state index in [0.29, 0.717) is 31.5 Å². The summed E-state index contributed by atoms with van der Waals surface area (Å²) in [5, 5.41) is -0.306. The maximum absolute atomic E-state index is 12.3. The first-order chi connectivity index (χ1) is 8.88. The van der Waals surface area contributed by atoms with E-state index in [1.807, 2.05) is 12.1 Å². The minimum Gasteiger partial charge on any atom is -0.339 e. The van der Waals surface area contributed by atoms with Crippen LogP contribution in [0.5, 0.6) is 0 Å². The number of carbonyl (C=O) groups excluding carboxylic acids is 1. The number of hydrogen-bond acceptors (Lipinski definition) is 3. The van der Waals surface area contributed by atoms with E-state index < -0.39 is 9.84 Å². The lowest BCUT2D eigenvalue weighted by Crippen LogP contribution is -2.42. The molecule has 1 heterocycles. The van der Waals surface area contributed by atoms with Crippen LogP contribution in [0.25, 0.3) is 0 Å². The van der Waals surface area contributed by atoms with Gasteiger partial charge in [0.1, 0.15) is 9.84 Å². The highest BCUT2D eigenvalue weighted by molar-refractivity contribution is 9.10. The Balaban J connectivity index is 2.04. The molecule has 0 saturated carbocycles. The molecule has 0 atom stereocenters. The molecule has 1 aliphatic heterocycles. The third kappa shape index (κ3) is 3.57. The quantitative estimate of drug-likeness (QED) is 0.824. The van der Waals surface area contributed by atoms with Gasteiger partial charge in [-0.05, 0) is 31.0 Å². The van der Waals surface area contributed by atoms with Crippen LogP contribution in [0.1, 0.15) is 23.2 Å². The van der Waals surface area contributed by atoms with E-state index >= 15 is 0 Å². The lowest BCUT2D eigenvalue weighted by atomic mass is 10.1. The molecular formula is C13H16BrNO3S. The number of carbonyl (C=O) groups is 1. The average molecular weight is 346 g/mol. The molecule has 0 N–H and O–H groups in total. The molecule has 1 aromatic rings. The van der Waals surface area contributed by atoms with Crippen molar-refractivity contribution in [2.45, 2.75) is 18.1 Å². The minimum absolute atomic E-state index is 0.0340. The summed E-state index contributed by atoms with van der Waals surface area (Å²) in [4.78, 5) is 14.0. The Kier molecular flexibility index (Phi) is 4.30. The molecule has 1 amide bonds. The van der Waals surface area contributed by atoms with E-state index in [1.54, 1.807) is 17.0 Å². The van der Waals surface area contributed by atoms with E-state index in [2.05, 4.69) is 15.9 Å². The summed E-state index contributed by atoms with van der Waals surface area (Å²) in [6.45, 7) is 1.01. The molecule has 0 radical (unpaired) electrons. The highest BCUT2D eigenvalue weighted by Gasteiger charge is 2.29. The summed E-state index contributed by atoms with van der Waals surface area (Å²) in [6.07, 6.45) is 2.32. The van der Waals surface area contributed by atoms with Crippen LogP contribution >= 0.6 is 15.9 Å². The smallest absolute Gasteiger partial charge is 0.253 e. The molecule has 1 aliphatic rings. The van der Waals surface area contributed by atoms with Gasteiger partial charge in [-0.2, -0.15) is 0 Å². The molecule has 0 unspecified atom stereocenters. The zero-order valence-electron chi connectivity index (χ0n) is 10.7. The van der Waals surface area contributed by atoms with Gasteiger partial charge in [0.15, 0.2) is 0 Å². The summed E-state index contributed by atoms with van der Waals surface area (Å²) < 4.78 is 23.8. The van der Waals surface area contributed by atoms with Crippen LogP contribution in [0.2, 0.25) is 0 Å². The number of benzene rings is 1. The Morgan fingerprint density at radius 3 is 2.47 bits per heavy atom. The first-order valence-corrected chi connectivity index (χ1v) is 8.86. The molecule has 1 fully saturated rings. The van der Waals surface area contributed by atoms with Crippen LogP contribution < -0.4 is 0 Å². The largest absolute Gasteiger partial charge is 0.339 e. The van der Waals surface area contributed by atoms with Crippen molar-refractivity contribution in [3.05, 3.63) is 34.3 Å². The number of hydrogen-bond donors (Lipinski definition) is 0. The number of rotatable bonds is 2. The molecule has 0 bridgehead atoms. The van der Waals surface area contributed by atoms with Crippen LogP contribution in [0.4, 0.5) is 0 Å². The van der Waals surface area contributed by atoms with Crippen molar-refractivity contribution in [1.82, 2.24) is 4.90 Å². The monoisotopic (exact) mass is 345 g/mol. The van der Waals surface area contributed by atoms with E-state index in [4.69, 9.17) is 0 Å². The van der Waals surface area contributed by atoms with Gasteiger partial charge in [0.05, 0.1) is 5.25 Å². The summed E-state index contributed by atoms with van der Waals surface area (Å²) in [7, 11) is -2.99. The van der Waals surface area contributed by atoms with Gasteiger partial charge >= 0.3 is 0 Å². The van der Waals surface area contributed by atoms with Gasteiger partial charge in [0.2, 0.25) is 0 Å². The number of halogens is 1. The Bertz CT molecular complexity index is 577. The zero-order valence-corrected chi connectivity index (χ0v) is 13.1. The van der Waals surface area contributed by atoms with Crippen molar-refractivity contribution in [2.75, 3.05) is 19.3 Å². The molecule has 0 aromatic heterocycles. The van der Waals surface area contributed by atoms with Crippen LogP contribution in [-0.2, 0) is 9.84 Å². The summed E-state index contributed by atoms with van der Waals surface area (Å²) in [5.74, 6) is -0.0340. The molecular weight excluding hydrogens is 330 g/mol. The van der Waals surface area contributed by atoms with E-state index in [-0.39, 0.29) is 11.2 Å². The van der Waals surface area contributed by atoms with Crippen LogP contribution in [0.3, 0.4) is 0 Å². The Labute approximate surface area is 121 Å². The molecule has 19 heavy (non-hydrogen) atoms. The third-order valence-corrected chi connectivity index (χ3v) is 5.58. The number of nitrogens with zero attached hydrogens (tertiary/aromatic N) is 1. The van der Waals surface area contributed by atoms with E-state index in [1.165, 1.54) is 6.26 Å². The molecule has 1 saturated heterocycles. The predicted molar refractivity (Wildman–Crippen MR) is 77.9 cm³/mol. The second-order valence-electron chi connectivity index (χ2n) is 4.83. The molecule has 2 rings (SSSR count). The molecule has 104 valence electrons.